The second-order valence-electron chi connectivity index (χ2n) is 6.19. The second kappa shape index (κ2) is 2.78. The van der Waals surface area contributed by atoms with Gasteiger partial charge >= 0.3 is 0 Å². The Morgan fingerprint density at radius 1 is 1.47 bits per heavy atom. The van der Waals surface area contributed by atoms with E-state index >= 15 is 0 Å². The minimum Gasteiger partial charge on any atom is -0.0992 e. The standard InChI is InChI=1S/C15H22/c1-5-9(2)6-10(3)14-13-7-12-11(4)8-15(12,13)14/h5,11-14H,3,6-8H2,1-2,4H3. The predicted octanol–water partition coefficient (Wildman–Crippen LogP) is 4.19. The Hall–Kier alpha value is -0.520. The first-order valence-electron chi connectivity index (χ1n) is 6.40. The average Bonchev–Trinajstić information content (AvgIpc) is 2.77. The van der Waals surface area contributed by atoms with Crippen molar-refractivity contribution in [2.45, 2.75) is 40.0 Å². The summed E-state index contributed by atoms with van der Waals surface area (Å²) in [6.45, 7) is 11.1. The van der Waals surface area contributed by atoms with E-state index in [0.29, 0.717) is 0 Å². The molecule has 0 aromatic rings. The highest BCUT2D eigenvalue weighted by Crippen LogP contribution is 2.87. The van der Waals surface area contributed by atoms with Gasteiger partial charge < -0.3 is 0 Å². The van der Waals surface area contributed by atoms with Crippen LogP contribution in [0.3, 0.4) is 0 Å². The highest BCUT2D eigenvalue weighted by Gasteiger charge is 2.81. The van der Waals surface area contributed by atoms with Crippen LogP contribution in [0.15, 0.2) is 23.8 Å². The fourth-order valence-electron chi connectivity index (χ4n) is 4.70. The predicted molar refractivity (Wildman–Crippen MR) is 64.5 cm³/mol. The molecule has 3 aliphatic rings. The Balaban J connectivity index is 1.66. The maximum absolute atomic E-state index is 4.34. The van der Waals surface area contributed by atoms with Crippen LogP contribution in [-0.4, -0.2) is 0 Å². The third kappa shape index (κ3) is 0.984. The van der Waals surface area contributed by atoms with Gasteiger partial charge in [-0.1, -0.05) is 30.7 Å². The highest BCUT2D eigenvalue weighted by molar-refractivity contribution is 5.37. The number of hydrogen-bond donors (Lipinski definition) is 0. The maximum Gasteiger partial charge on any atom is -0.0106 e. The molecule has 0 bridgehead atoms. The summed E-state index contributed by atoms with van der Waals surface area (Å²) >= 11 is 0. The van der Waals surface area contributed by atoms with Gasteiger partial charge in [0.1, 0.15) is 0 Å². The van der Waals surface area contributed by atoms with Crippen molar-refractivity contribution >= 4 is 0 Å². The maximum atomic E-state index is 4.34. The van der Waals surface area contributed by atoms with E-state index in [1.54, 1.807) is 0 Å². The topological polar surface area (TPSA) is 0 Å². The zero-order valence-corrected chi connectivity index (χ0v) is 10.2. The molecule has 0 heteroatoms. The zero-order chi connectivity index (χ0) is 10.8. The van der Waals surface area contributed by atoms with Gasteiger partial charge in [0.05, 0.1) is 0 Å². The molecule has 82 valence electrons. The highest BCUT2D eigenvalue weighted by atomic mass is 14.8. The summed E-state index contributed by atoms with van der Waals surface area (Å²) in [6.07, 6.45) is 6.40. The van der Waals surface area contributed by atoms with Crippen LogP contribution in [0.25, 0.3) is 0 Å². The van der Waals surface area contributed by atoms with Gasteiger partial charge in [-0.2, -0.15) is 0 Å². The molecule has 15 heavy (non-hydrogen) atoms. The van der Waals surface area contributed by atoms with Crippen molar-refractivity contribution in [3.05, 3.63) is 23.8 Å². The van der Waals surface area contributed by atoms with Crippen molar-refractivity contribution in [3.8, 4) is 0 Å². The summed E-state index contributed by atoms with van der Waals surface area (Å²) < 4.78 is 0. The summed E-state index contributed by atoms with van der Waals surface area (Å²) in [5.41, 5.74) is 3.82. The molecule has 0 nitrogen and oxygen atoms in total. The van der Waals surface area contributed by atoms with E-state index in [-0.39, 0.29) is 0 Å². The molecule has 3 aliphatic carbocycles. The molecule has 3 rings (SSSR count). The summed E-state index contributed by atoms with van der Waals surface area (Å²) in [6, 6.07) is 0. The van der Waals surface area contributed by atoms with E-state index in [2.05, 4.69) is 33.4 Å². The van der Waals surface area contributed by atoms with Crippen molar-refractivity contribution in [2.24, 2.45) is 29.1 Å². The van der Waals surface area contributed by atoms with Gasteiger partial charge in [-0.25, -0.2) is 0 Å². The van der Waals surface area contributed by atoms with Crippen LogP contribution in [0.5, 0.6) is 0 Å². The molecular formula is C15H22. The van der Waals surface area contributed by atoms with Gasteiger partial charge in [0, 0.05) is 0 Å². The summed E-state index contributed by atoms with van der Waals surface area (Å²) in [5, 5.41) is 0. The normalized spacial score (nSPS) is 51.0. The quantitative estimate of drug-likeness (QED) is 0.602. The van der Waals surface area contributed by atoms with E-state index in [1.165, 1.54) is 24.0 Å². The molecule has 0 radical (unpaired) electrons. The average molecular weight is 202 g/mol. The third-order valence-electron chi connectivity index (χ3n) is 5.56. The Labute approximate surface area is 93.5 Å². The molecule has 0 N–H and O–H groups in total. The first-order chi connectivity index (χ1) is 7.11. The number of hydrogen-bond acceptors (Lipinski definition) is 0. The minimum absolute atomic E-state index is 0.796. The SMILES string of the molecule is C=C(CC(C)=CC)C1C2CC3C(C)CC321. The van der Waals surface area contributed by atoms with E-state index in [0.717, 1.165) is 35.5 Å². The molecule has 0 heterocycles. The van der Waals surface area contributed by atoms with Gasteiger partial charge in [0.15, 0.2) is 0 Å². The monoisotopic (exact) mass is 202 g/mol. The largest absolute Gasteiger partial charge is 0.0992 e. The van der Waals surface area contributed by atoms with Crippen LogP contribution in [0.1, 0.15) is 40.0 Å². The molecule has 5 unspecified atom stereocenters. The van der Waals surface area contributed by atoms with Crippen LogP contribution in [-0.2, 0) is 0 Å². The summed E-state index contributed by atoms with van der Waals surface area (Å²) in [4.78, 5) is 0. The van der Waals surface area contributed by atoms with Gasteiger partial charge in [0.2, 0.25) is 0 Å². The Morgan fingerprint density at radius 2 is 2.20 bits per heavy atom. The van der Waals surface area contributed by atoms with Crippen molar-refractivity contribution in [1.82, 2.24) is 0 Å². The lowest BCUT2D eigenvalue weighted by atomic mass is 9.52. The number of rotatable bonds is 3. The fraction of sp³-hybridized carbons (Fsp3) is 0.733. The van der Waals surface area contributed by atoms with Crippen LogP contribution < -0.4 is 0 Å². The smallest absolute Gasteiger partial charge is 0.0106 e. The Kier molecular flexibility index (Phi) is 1.80. The molecule has 0 aliphatic heterocycles. The van der Waals surface area contributed by atoms with E-state index in [4.69, 9.17) is 0 Å². The van der Waals surface area contributed by atoms with Gasteiger partial charge in [-0.3, -0.25) is 0 Å². The first kappa shape index (κ1) is 9.69. The zero-order valence-electron chi connectivity index (χ0n) is 10.2. The van der Waals surface area contributed by atoms with Crippen LogP contribution in [0, 0.1) is 29.1 Å². The lowest BCUT2D eigenvalue weighted by Crippen LogP contribution is -2.45. The summed E-state index contributed by atoms with van der Waals surface area (Å²) in [5.74, 6) is 4.06. The lowest BCUT2D eigenvalue weighted by molar-refractivity contribution is -0.0363. The van der Waals surface area contributed by atoms with Crippen LogP contribution in [0.4, 0.5) is 0 Å². The molecule has 1 spiro atoms. The van der Waals surface area contributed by atoms with Crippen LogP contribution in [0.2, 0.25) is 0 Å². The summed E-state index contributed by atoms with van der Waals surface area (Å²) in [7, 11) is 0. The molecule has 0 aromatic heterocycles. The van der Waals surface area contributed by atoms with Crippen LogP contribution >= 0.6 is 0 Å². The van der Waals surface area contributed by atoms with Crippen molar-refractivity contribution in [1.29, 1.82) is 0 Å². The van der Waals surface area contributed by atoms with Gasteiger partial charge in [-0.15, -0.1) is 0 Å². The molecule has 3 saturated carbocycles. The van der Waals surface area contributed by atoms with Gasteiger partial charge in [-0.05, 0) is 62.2 Å². The molecule has 0 saturated heterocycles. The third-order valence-corrected chi connectivity index (χ3v) is 5.56. The first-order valence-corrected chi connectivity index (χ1v) is 6.40. The Morgan fingerprint density at radius 3 is 2.67 bits per heavy atom. The molecule has 3 fully saturated rings. The number of allylic oxidation sites excluding steroid dienone is 3. The van der Waals surface area contributed by atoms with Crippen molar-refractivity contribution < 1.29 is 0 Å². The molecular weight excluding hydrogens is 180 g/mol. The Bertz CT molecular complexity index is 349. The molecule has 0 amide bonds. The van der Waals surface area contributed by atoms with E-state index < -0.39 is 0 Å². The van der Waals surface area contributed by atoms with Crippen molar-refractivity contribution in [3.63, 3.8) is 0 Å². The molecule has 0 aromatic carbocycles. The van der Waals surface area contributed by atoms with Crippen molar-refractivity contribution in [2.75, 3.05) is 0 Å². The fourth-order valence-corrected chi connectivity index (χ4v) is 4.70. The lowest BCUT2D eigenvalue weighted by Gasteiger charge is -2.52. The van der Waals surface area contributed by atoms with Gasteiger partial charge in [0.25, 0.3) is 0 Å². The minimum atomic E-state index is 0.796. The molecule has 5 atom stereocenters. The van der Waals surface area contributed by atoms with E-state index in [1.807, 2.05) is 0 Å². The van der Waals surface area contributed by atoms with E-state index in [9.17, 15) is 0 Å². The second-order valence-corrected chi connectivity index (χ2v) is 6.19.